The molecule has 0 saturated heterocycles. The fourth-order valence-corrected chi connectivity index (χ4v) is 4.93. The summed E-state index contributed by atoms with van der Waals surface area (Å²) in [5.41, 5.74) is 2.56. The molecule has 156 valence electrons. The quantitative estimate of drug-likeness (QED) is 0.525. The molecule has 1 unspecified atom stereocenters. The number of halogens is 1. The van der Waals surface area contributed by atoms with Crippen LogP contribution in [-0.4, -0.2) is 30.6 Å². The highest BCUT2D eigenvalue weighted by Gasteiger charge is 2.34. The van der Waals surface area contributed by atoms with Gasteiger partial charge in [0, 0.05) is 17.0 Å². The standard InChI is InChI=1S/C24H24FNO3S/c1-3-28-19-8-5-17(6-9-19)24(27)26-13-11-16-12-14-30-23(16)22(26)18-7-10-21(29-4-2)20(25)15-18/h5-10,12,14-15,22H,3-4,11,13H2,1-2H3. The molecule has 1 aliphatic rings. The van der Waals surface area contributed by atoms with Crippen LogP contribution in [0.2, 0.25) is 0 Å². The molecule has 0 saturated carbocycles. The van der Waals surface area contributed by atoms with E-state index in [0.717, 1.165) is 22.6 Å². The van der Waals surface area contributed by atoms with Crippen LogP contribution in [0, 0.1) is 5.82 Å². The number of hydrogen-bond acceptors (Lipinski definition) is 4. The Morgan fingerprint density at radius 1 is 1.10 bits per heavy atom. The van der Waals surface area contributed by atoms with E-state index in [-0.39, 0.29) is 17.7 Å². The van der Waals surface area contributed by atoms with E-state index < -0.39 is 5.82 Å². The van der Waals surface area contributed by atoms with Gasteiger partial charge in [0.15, 0.2) is 11.6 Å². The van der Waals surface area contributed by atoms with Gasteiger partial charge in [0.25, 0.3) is 5.91 Å². The van der Waals surface area contributed by atoms with Gasteiger partial charge in [-0.3, -0.25) is 4.79 Å². The van der Waals surface area contributed by atoms with E-state index >= 15 is 0 Å². The maximum atomic E-state index is 14.6. The molecule has 0 spiro atoms. The second kappa shape index (κ2) is 8.88. The number of thiophene rings is 1. The number of carbonyl (C=O) groups is 1. The number of nitrogens with zero attached hydrogens (tertiary/aromatic N) is 1. The molecule has 0 N–H and O–H groups in total. The third kappa shape index (κ3) is 3.92. The first-order chi connectivity index (χ1) is 14.6. The van der Waals surface area contributed by atoms with Crippen LogP contribution in [0.5, 0.6) is 11.5 Å². The first-order valence-electron chi connectivity index (χ1n) is 10.1. The normalized spacial score (nSPS) is 15.6. The van der Waals surface area contributed by atoms with Crippen molar-refractivity contribution in [3.63, 3.8) is 0 Å². The van der Waals surface area contributed by atoms with Crippen LogP contribution in [0.3, 0.4) is 0 Å². The SMILES string of the molecule is CCOc1ccc(C(=O)N2CCc3ccsc3C2c2ccc(OCC)c(F)c2)cc1. The van der Waals surface area contributed by atoms with Gasteiger partial charge < -0.3 is 14.4 Å². The Morgan fingerprint density at radius 2 is 1.87 bits per heavy atom. The summed E-state index contributed by atoms with van der Waals surface area (Å²) in [7, 11) is 0. The summed E-state index contributed by atoms with van der Waals surface area (Å²) >= 11 is 1.61. The number of ether oxygens (including phenoxy) is 2. The molecule has 2 aromatic carbocycles. The van der Waals surface area contributed by atoms with Crippen molar-refractivity contribution >= 4 is 17.2 Å². The summed E-state index contributed by atoms with van der Waals surface area (Å²) in [6, 6.07) is 13.9. The summed E-state index contributed by atoms with van der Waals surface area (Å²) in [5, 5.41) is 2.04. The third-order valence-electron chi connectivity index (χ3n) is 5.21. The Morgan fingerprint density at radius 3 is 2.57 bits per heavy atom. The van der Waals surface area contributed by atoms with Crippen LogP contribution < -0.4 is 9.47 Å². The molecule has 1 atom stereocenters. The van der Waals surface area contributed by atoms with Crippen molar-refractivity contribution in [2.24, 2.45) is 0 Å². The average molecular weight is 426 g/mol. The third-order valence-corrected chi connectivity index (χ3v) is 6.22. The molecule has 1 amide bonds. The molecule has 0 aliphatic carbocycles. The molecule has 1 aromatic heterocycles. The van der Waals surface area contributed by atoms with Gasteiger partial charge in [-0.05, 0) is 79.2 Å². The van der Waals surface area contributed by atoms with E-state index in [1.807, 2.05) is 42.3 Å². The number of carbonyl (C=O) groups excluding carboxylic acids is 1. The largest absolute Gasteiger partial charge is 0.494 e. The molecular weight excluding hydrogens is 401 g/mol. The van der Waals surface area contributed by atoms with Crippen LogP contribution in [0.4, 0.5) is 4.39 Å². The first kappa shape index (κ1) is 20.4. The van der Waals surface area contributed by atoms with E-state index in [1.165, 1.54) is 11.6 Å². The lowest BCUT2D eigenvalue weighted by molar-refractivity contribution is 0.0697. The van der Waals surface area contributed by atoms with Crippen LogP contribution >= 0.6 is 11.3 Å². The van der Waals surface area contributed by atoms with Gasteiger partial charge >= 0.3 is 0 Å². The van der Waals surface area contributed by atoms with Gasteiger partial charge in [0.05, 0.1) is 19.3 Å². The van der Waals surface area contributed by atoms with Crippen molar-refractivity contribution in [2.45, 2.75) is 26.3 Å². The van der Waals surface area contributed by atoms with E-state index in [4.69, 9.17) is 9.47 Å². The smallest absolute Gasteiger partial charge is 0.254 e. The van der Waals surface area contributed by atoms with Gasteiger partial charge in [0.2, 0.25) is 0 Å². The molecule has 0 bridgehead atoms. The highest BCUT2D eigenvalue weighted by Crippen LogP contribution is 2.40. The van der Waals surface area contributed by atoms with Crippen LogP contribution in [0.15, 0.2) is 53.9 Å². The maximum absolute atomic E-state index is 14.6. The fraction of sp³-hybridized carbons (Fsp3) is 0.292. The Bertz CT molecular complexity index is 1030. The number of fused-ring (bicyclic) bond motifs is 1. The lowest BCUT2D eigenvalue weighted by atomic mass is 9.94. The fourth-order valence-electron chi connectivity index (χ4n) is 3.84. The summed E-state index contributed by atoms with van der Waals surface area (Å²) in [6.07, 6.45) is 0.789. The highest BCUT2D eigenvalue weighted by atomic mass is 32.1. The minimum absolute atomic E-state index is 0.0728. The van der Waals surface area contributed by atoms with Gasteiger partial charge in [-0.1, -0.05) is 6.07 Å². The highest BCUT2D eigenvalue weighted by molar-refractivity contribution is 7.10. The van der Waals surface area contributed by atoms with Crippen LogP contribution in [0.1, 0.15) is 46.3 Å². The predicted molar refractivity (Wildman–Crippen MR) is 116 cm³/mol. The Kier molecular flexibility index (Phi) is 6.04. The maximum Gasteiger partial charge on any atom is 0.254 e. The van der Waals surface area contributed by atoms with Crippen molar-refractivity contribution in [3.05, 3.63) is 81.3 Å². The van der Waals surface area contributed by atoms with E-state index in [2.05, 4.69) is 6.07 Å². The second-order valence-electron chi connectivity index (χ2n) is 7.04. The summed E-state index contributed by atoms with van der Waals surface area (Å²) < 4.78 is 25.4. The molecule has 2 heterocycles. The van der Waals surface area contributed by atoms with E-state index in [9.17, 15) is 9.18 Å². The lowest BCUT2D eigenvalue weighted by Gasteiger charge is -2.36. The van der Waals surface area contributed by atoms with Crippen LogP contribution in [0.25, 0.3) is 0 Å². The van der Waals surface area contributed by atoms with Crippen molar-refractivity contribution in [1.82, 2.24) is 4.90 Å². The molecule has 3 aromatic rings. The number of hydrogen-bond donors (Lipinski definition) is 0. The summed E-state index contributed by atoms with van der Waals surface area (Å²) in [4.78, 5) is 16.3. The van der Waals surface area contributed by atoms with Crippen molar-refractivity contribution in [1.29, 1.82) is 0 Å². The zero-order valence-electron chi connectivity index (χ0n) is 17.1. The molecule has 4 nitrogen and oxygen atoms in total. The molecule has 30 heavy (non-hydrogen) atoms. The molecule has 1 aliphatic heterocycles. The zero-order chi connectivity index (χ0) is 21.1. The summed E-state index contributed by atoms with van der Waals surface area (Å²) in [5.74, 6) is 0.481. The van der Waals surface area contributed by atoms with E-state index in [1.54, 1.807) is 29.5 Å². The first-order valence-corrected chi connectivity index (χ1v) is 11.0. The molecule has 4 rings (SSSR count). The van der Waals surface area contributed by atoms with Gasteiger partial charge in [0.1, 0.15) is 5.75 Å². The van der Waals surface area contributed by atoms with Crippen molar-refractivity contribution in [2.75, 3.05) is 19.8 Å². The van der Waals surface area contributed by atoms with Gasteiger partial charge in [-0.15, -0.1) is 11.3 Å². The van der Waals surface area contributed by atoms with Crippen molar-refractivity contribution < 1.29 is 18.7 Å². The monoisotopic (exact) mass is 425 g/mol. The molecular formula is C24H24FNO3S. The Balaban J connectivity index is 1.70. The number of amides is 1. The van der Waals surface area contributed by atoms with Gasteiger partial charge in [-0.25, -0.2) is 4.39 Å². The lowest BCUT2D eigenvalue weighted by Crippen LogP contribution is -2.40. The molecule has 0 radical (unpaired) electrons. The van der Waals surface area contributed by atoms with Gasteiger partial charge in [-0.2, -0.15) is 0 Å². The average Bonchev–Trinajstić information content (AvgIpc) is 3.24. The van der Waals surface area contributed by atoms with Crippen molar-refractivity contribution in [3.8, 4) is 11.5 Å². The topological polar surface area (TPSA) is 38.8 Å². The van der Waals surface area contributed by atoms with E-state index in [0.29, 0.717) is 25.3 Å². The minimum atomic E-state index is -0.411. The molecule has 0 fully saturated rings. The zero-order valence-corrected chi connectivity index (χ0v) is 17.9. The minimum Gasteiger partial charge on any atom is -0.494 e. The Labute approximate surface area is 179 Å². The predicted octanol–water partition coefficient (Wildman–Crippen LogP) is 5.47. The summed E-state index contributed by atoms with van der Waals surface area (Å²) in [6.45, 7) is 5.30. The number of benzene rings is 2. The Hall–Kier alpha value is -2.86. The number of rotatable bonds is 6. The second-order valence-corrected chi connectivity index (χ2v) is 7.99. The molecule has 6 heteroatoms. The van der Waals surface area contributed by atoms with Crippen LogP contribution in [-0.2, 0) is 6.42 Å².